The molecule has 2 heterocycles. The van der Waals surface area contributed by atoms with E-state index in [4.69, 9.17) is 52.2 Å². The predicted molar refractivity (Wildman–Crippen MR) is 150 cm³/mol. The van der Waals surface area contributed by atoms with Crippen molar-refractivity contribution in [2.24, 2.45) is 0 Å². The van der Waals surface area contributed by atoms with Crippen molar-refractivity contribution >= 4 is 40.3 Å². The Morgan fingerprint density at radius 1 is 1.12 bits per heavy atom. The number of aromatic nitrogens is 4. The number of nitrogens with zero attached hydrogens (tertiary/aromatic N) is 4. The molecule has 4 aromatic rings. The van der Waals surface area contributed by atoms with Gasteiger partial charge >= 0.3 is 5.97 Å². The molecule has 0 saturated heterocycles. The highest BCUT2D eigenvalue weighted by Crippen LogP contribution is 2.42. The molecular formula is C28H28Cl2N4O6. The molecule has 1 N–H and O–H groups in total. The normalized spacial score (nSPS) is 13.8. The molecule has 10 nitrogen and oxygen atoms in total. The maximum absolute atomic E-state index is 10.6. The molecule has 2 aromatic carbocycles. The summed E-state index contributed by atoms with van der Waals surface area (Å²) in [6, 6.07) is 10.9. The average molecular weight is 587 g/mol. The number of ether oxygens (including phenoxy) is 4. The van der Waals surface area contributed by atoms with Crippen molar-refractivity contribution in [1.29, 1.82) is 0 Å². The molecule has 0 unspecified atom stereocenters. The predicted octanol–water partition coefficient (Wildman–Crippen LogP) is 5.66. The van der Waals surface area contributed by atoms with Crippen LogP contribution >= 0.6 is 23.2 Å². The van der Waals surface area contributed by atoms with Gasteiger partial charge in [0.2, 0.25) is 5.88 Å². The minimum atomic E-state index is -1.01. The first-order valence-corrected chi connectivity index (χ1v) is 13.5. The van der Waals surface area contributed by atoms with Crippen molar-refractivity contribution in [3.8, 4) is 28.8 Å². The second kappa shape index (κ2) is 11.9. The van der Waals surface area contributed by atoms with Crippen LogP contribution in [0.3, 0.4) is 0 Å². The van der Waals surface area contributed by atoms with Gasteiger partial charge in [0.25, 0.3) is 0 Å². The van der Waals surface area contributed by atoms with Gasteiger partial charge in [-0.2, -0.15) is 4.98 Å². The van der Waals surface area contributed by atoms with Crippen molar-refractivity contribution < 1.29 is 28.8 Å². The Morgan fingerprint density at radius 2 is 1.95 bits per heavy atom. The Bertz CT molecular complexity index is 1540. The molecule has 0 spiro atoms. The number of fused-ring (bicyclic) bond motifs is 1. The van der Waals surface area contributed by atoms with Gasteiger partial charge in [-0.05, 0) is 50.1 Å². The van der Waals surface area contributed by atoms with E-state index in [1.807, 2.05) is 35.8 Å². The summed E-state index contributed by atoms with van der Waals surface area (Å²) in [4.78, 5) is 24.5. The van der Waals surface area contributed by atoms with Crippen LogP contribution < -0.4 is 14.2 Å². The summed E-state index contributed by atoms with van der Waals surface area (Å²) in [5.41, 5.74) is 2.29. The zero-order chi connectivity index (χ0) is 28.3. The summed E-state index contributed by atoms with van der Waals surface area (Å²) in [5.74, 6) is 1.07. The Labute approximate surface area is 240 Å². The van der Waals surface area contributed by atoms with Gasteiger partial charge in [0.05, 0.1) is 31.9 Å². The zero-order valence-electron chi connectivity index (χ0n) is 22.0. The molecule has 1 fully saturated rings. The second-order valence-electron chi connectivity index (χ2n) is 9.65. The summed E-state index contributed by atoms with van der Waals surface area (Å²) < 4.78 is 24.7. The summed E-state index contributed by atoms with van der Waals surface area (Å²) in [7, 11) is 1.61. The molecule has 12 heteroatoms. The fourth-order valence-electron chi connectivity index (χ4n) is 4.20. The van der Waals surface area contributed by atoms with Crippen LogP contribution in [0.15, 0.2) is 42.7 Å². The van der Waals surface area contributed by atoms with Crippen LogP contribution in [0.5, 0.6) is 17.4 Å². The average Bonchev–Trinajstić information content (AvgIpc) is 3.54. The van der Waals surface area contributed by atoms with Gasteiger partial charge in [-0.15, -0.1) is 0 Å². The van der Waals surface area contributed by atoms with Gasteiger partial charge in [-0.1, -0.05) is 29.3 Å². The molecule has 0 atom stereocenters. The summed E-state index contributed by atoms with van der Waals surface area (Å²) >= 11 is 13.2. The van der Waals surface area contributed by atoms with Crippen molar-refractivity contribution in [2.75, 3.05) is 26.9 Å². The van der Waals surface area contributed by atoms with Crippen LogP contribution in [0, 0.1) is 0 Å². The molecule has 2 aromatic heterocycles. The van der Waals surface area contributed by atoms with Crippen LogP contribution in [0.25, 0.3) is 22.6 Å². The highest BCUT2D eigenvalue weighted by molar-refractivity contribution is 6.34. The first-order valence-electron chi connectivity index (χ1n) is 12.7. The quantitative estimate of drug-likeness (QED) is 0.198. The molecule has 0 aliphatic heterocycles. The van der Waals surface area contributed by atoms with Gasteiger partial charge in [-0.25, -0.2) is 14.8 Å². The van der Waals surface area contributed by atoms with Gasteiger partial charge in [0.1, 0.15) is 35.9 Å². The van der Waals surface area contributed by atoms with Crippen LogP contribution in [-0.2, 0) is 16.1 Å². The second-order valence-corrected chi connectivity index (χ2v) is 10.5. The lowest BCUT2D eigenvalue weighted by atomic mass is 10.1. The topological polar surface area (TPSA) is 118 Å². The minimum absolute atomic E-state index is 0.251. The number of imidazole rings is 1. The van der Waals surface area contributed by atoms with Crippen molar-refractivity contribution in [1.82, 2.24) is 19.5 Å². The Morgan fingerprint density at radius 3 is 2.70 bits per heavy atom. The number of rotatable bonds is 13. The van der Waals surface area contributed by atoms with E-state index in [1.54, 1.807) is 19.2 Å². The number of methoxy groups -OCH3 is 1. The third kappa shape index (κ3) is 6.24. The maximum Gasteiger partial charge on any atom is 0.329 e. The van der Waals surface area contributed by atoms with E-state index >= 15 is 0 Å². The molecule has 210 valence electrons. The number of benzene rings is 2. The van der Waals surface area contributed by atoms with Gasteiger partial charge < -0.3 is 28.6 Å². The fourth-order valence-corrected chi connectivity index (χ4v) is 4.66. The van der Waals surface area contributed by atoms with E-state index in [0.29, 0.717) is 69.5 Å². The van der Waals surface area contributed by atoms with E-state index < -0.39 is 5.97 Å². The molecule has 1 saturated carbocycles. The molecule has 0 radical (unpaired) electrons. The monoisotopic (exact) mass is 586 g/mol. The highest BCUT2D eigenvalue weighted by atomic mass is 35.5. The number of hydrogen-bond acceptors (Lipinski definition) is 8. The van der Waals surface area contributed by atoms with E-state index in [1.165, 1.54) is 6.33 Å². The van der Waals surface area contributed by atoms with Crippen LogP contribution in [-0.4, -0.2) is 63.1 Å². The third-order valence-corrected chi connectivity index (χ3v) is 7.11. The fraction of sp³-hybridized carbons (Fsp3) is 0.357. The Hall–Kier alpha value is -3.60. The summed E-state index contributed by atoms with van der Waals surface area (Å²) in [6.45, 7) is 2.57. The number of halogens is 2. The number of hydrogen-bond donors (Lipinski definition) is 1. The lowest BCUT2D eigenvalue weighted by Crippen LogP contribution is -2.13. The third-order valence-electron chi connectivity index (χ3n) is 6.49. The van der Waals surface area contributed by atoms with Crippen molar-refractivity contribution in [3.63, 3.8) is 0 Å². The molecule has 40 heavy (non-hydrogen) atoms. The minimum Gasteiger partial charge on any atom is -0.496 e. The van der Waals surface area contributed by atoms with Crippen LogP contribution in [0.4, 0.5) is 0 Å². The summed E-state index contributed by atoms with van der Waals surface area (Å²) in [5, 5.41) is 9.64. The number of carboxylic acids is 1. The SMILES string of the molecule is COc1ccc(Cl)cc1Cn1c(-c2cccc(OCCCOCC(=O)O)c2Cl)nc2c(OC3(C)CC3)ncnc21. The molecular weight excluding hydrogens is 559 g/mol. The highest BCUT2D eigenvalue weighted by Gasteiger charge is 2.41. The largest absolute Gasteiger partial charge is 0.496 e. The lowest BCUT2D eigenvalue weighted by Gasteiger charge is -2.15. The van der Waals surface area contributed by atoms with E-state index in [9.17, 15) is 4.79 Å². The lowest BCUT2D eigenvalue weighted by molar-refractivity contribution is -0.142. The Kier molecular flexibility index (Phi) is 8.30. The number of carbonyl (C=O) groups is 1. The standard InChI is InChI=1S/C28H28Cl2N4O6/c1-28(9-10-28)40-27-24-26(31-16-32-27)34(14-17-13-18(29)7-8-20(17)37-2)25(33-24)19-5-3-6-21(23(19)30)39-12-4-11-38-15-22(35)36/h3,5-8,13,16H,4,9-12,14-15H2,1-2H3,(H,35,36). The smallest absolute Gasteiger partial charge is 0.329 e. The first-order chi connectivity index (χ1) is 19.3. The Balaban J connectivity index is 1.52. The summed E-state index contributed by atoms with van der Waals surface area (Å²) in [6.07, 6.45) is 3.85. The van der Waals surface area contributed by atoms with Crippen LogP contribution in [0.2, 0.25) is 10.0 Å². The van der Waals surface area contributed by atoms with Gasteiger partial charge in [0.15, 0.2) is 11.2 Å². The number of aliphatic carboxylic acids is 1. The van der Waals surface area contributed by atoms with Gasteiger partial charge in [0, 0.05) is 22.6 Å². The van der Waals surface area contributed by atoms with E-state index in [0.717, 1.165) is 18.4 Å². The molecule has 1 aliphatic carbocycles. The van der Waals surface area contributed by atoms with Gasteiger partial charge in [-0.3, -0.25) is 0 Å². The molecule has 0 amide bonds. The van der Waals surface area contributed by atoms with E-state index in [2.05, 4.69) is 9.97 Å². The molecule has 0 bridgehead atoms. The van der Waals surface area contributed by atoms with E-state index in [-0.39, 0.29) is 18.8 Å². The zero-order valence-corrected chi connectivity index (χ0v) is 23.5. The first kappa shape index (κ1) is 27.9. The molecule has 5 rings (SSSR count). The van der Waals surface area contributed by atoms with Crippen molar-refractivity contribution in [2.45, 2.75) is 38.3 Å². The van der Waals surface area contributed by atoms with Crippen LogP contribution in [0.1, 0.15) is 31.7 Å². The maximum atomic E-state index is 10.6. The molecule has 1 aliphatic rings. The van der Waals surface area contributed by atoms with Crippen molar-refractivity contribution in [3.05, 3.63) is 58.3 Å². The number of carboxylic acid groups (broad SMARTS) is 1.